The maximum Gasteiger partial charge on any atom is 0.178 e. The first-order valence-corrected chi connectivity index (χ1v) is 5.25. The van der Waals surface area contributed by atoms with E-state index in [2.05, 4.69) is 10.3 Å². The Morgan fingerprint density at radius 3 is 2.56 bits per heavy atom. The summed E-state index contributed by atoms with van der Waals surface area (Å²) in [6, 6.07) is 3.58. The zero-order valence-corrected chi connectivity index (χ0v) is 9.62. The molecular weight excluding hydrogens is 204 g/mol. The van der Waals surface area contributed by atoms with Crippen molar-refractivity contribution < 1.29 is 9.59 Å². The topological polar surface area (TPSA) is 59.1 Å². The number of hydrogen-bond acceptors (Lipinski definition) is 4. The Balaban J connectivity index is 2.38. The van der Waals surface area contributed by atoms with Crippen LogP contribution in [0, 0.1) is 0 Å². The summed E-state index contributed by atoms with van der Waals surface area (Å²) in [6.07, 6.45) is 2.22. The van der Waals surface area contributed by atoms with Crippen molar-refractivity contribution in [3.8, 4) is 0 Å². The van der Waals surface area contributed by atoms with Gasteiger partial charge in [0, 0.05) is 32.6 Å². The van der Waals surface area contributed by atoms with Crippen LogP contribution < -0.4 is 5.32 Å². The fourth-order valence-electron chi connectivity index (χ4n) is 1.23. The molecule has 4 heteroatoms. The van der Waals surface area contributed by atoms with Gasteiger partial charge in [-0.1, -0.05) is 6.07 Å². The van der Waals surface area contributed by atoms with E-state index in [-0.39, 0.29) is 11.6 Å². The van der Waals surface area contributed by atoms with E-state index in [1.165, 1.54) is 6.92 Å². The number of Topliss-reactive ketones (excluding diaryl/α,β-unsaturated/α-hetero) is 2. The monoisotopic (exact) mass is 220 g/mol. The molecule has 1 aromatic heterocycles. The van der Waals surface area contributed by atoms with Crippen LogP contribution >= 0.6 is 0 Å². The molecule has 0 aromatic carbocycles. The van der Waals surface area contributed by atoms with Crippen molar-refractivity contribution in [3.63, 3.8) is 0 Å². The fourth-order valence-corrected chi connectivity index (χ4v) is 1.23. The molecule has 0 fully saturated rings. The molecule has 1 N–H and O–H groups in total. The van der Waals surface area contributed by atoms with Crippen molar-refractivity contribution in [1.82, 2.24) is 10.3 Å². The third-order valence-corrected chi connectivity index (χ3v) is 2.17. The summed E-state index contributed by atoms with van der Waals surface area (Å²) in [6.45, 7) is 4.40. The smallest absolute Gasteiger partial charge is 0.178 e. The summed E-state index contributed by atoms with van der Waals surface area (Å²) >= 11 is 0. The van der Waals surface area contributed by atoms with Gasteiger partial charge in [0.05, 0.1) is 0 Å². The van der Waals surface area contributed by atoms with E-state index in [0.29, 0.717) is 25.2 Å². The highest BCUT2D eigenvalue weighted by molar-refractivity contribution is 5.91. The van der Waals surface area contributed by atoms with E-state index in [4.69, 9.17) is 0 Å². The first-order valence-electron chi connectivity index (χ1n) is 5.25. The minimum Gasteiger partial charge on any atom is -0.312 e. The van der Waals surface area contributed by atoms with Gasteiger partial charge >= 0.3 is 0 Å². The van der Waals surface area contributed by atoms with Crippen LogP contribution in [0.25, 0.3) is 0 Å². The fraction of sp³-hybridized carbons (Fsp3) is 0.417. The van der Waals surface area contributed by atoms with Gasteiger partial charge in [-0.2, -0.15) is 0 Å². The lowest BCUT2D eigenvalue weighted by molar-refractivity contribution is -0.116. The maximum absolute atomic E-state index is 11.0. The molecule has 0 unspecified atom stereocenters. The summed E-state index contributed by atoms with van der Waals surface area (Å²) in [5.41, 5.74) is 1.49. The van der Waals surface area contributed by atoms with Crippen LogP contribution in [-0.4, -0.2) is 23.1 Å². The summed E-state index contributed by atoms with van der Waals surface area (Å²) in [5.74, 6) is 0.147. The Morgan fingerprint density at radius 1 is 1.31 bits per heavy atom. The predicted octanol–water partition coefficient (Wildman–Crippen LogP) is 1.35. The lowest BCUT2D eigenvalue weighted by atomic mass is 10.2. The first-order chi connectivity index (χ1) is 7.59. The van der Waals surface area contributed by atoms with Crippen LogP contribution in [0.1, 0.15) is 36.3 Å². The SMILES string of the molecule is CC(=O)CCNCc1ccc(C(C)=O)nc1. The Kier molecular flexibility index (Phi) is 4.79. The molecule has 0 bridgehead atoms. The minimum atomic E-state index is -0.0314. The van der Waals surface area contributed by atoms with Crippen LogP contribution in [0.3, 0.4) is 0 Å². The molecule has 0 aliphatic carbocycles. The molecule has 4 nitrogen and oxygen atoms in total. The molecule has 0 radical (unpaired) electrons. The van der Waals surface area contributed by atoms with Gasteiger partial charge in [-0.05, 0) is 18.6 Å². The van der Waals surface area contributed by atoms with Gasteiger partial charge in [-0.3, -0.25) is 14.6 Å². The van der Waals surface area contributed by atoms with Crippen molar-refractivity contribution in [1.29, 1.82) is 0 Å². The molecule has 0 atom stereocenters. The molecule has 0 saturated heterocycles. The number of rotatable bonds is 6. The van der Waals surface area contributed by atoms with Gasteiger partial charge in [0.1, 0.15) is 11.5 Å². The summed E-state index contributed by atoms with van der Waals surface area (Å²) in [7, 11) is 0. The standard InChI is InChI=1S/C12H16N2O2/c1-9(15)5-6-13-7-11-3-4-12(10(2)16)14-8-11/h3-4,8,13H,5-7H2,1-2H3. The molecule has 1 heterocycles. The zero-order chi connectivity index (χ0) is 12.0. The Morgan fingerprint density at radius 2 is 2.06 bits per heavy atom. The average molecular weight is 220 g/mol. The summed E-state index contributed by atoms with van der Waals surface area (Å²) in [4.78, 5) is 25.7. The average Bonchev–Trinajstić information content (AvgIpc) is 2.25. The number of hydrogen-bond donors (Lipinski definition) is 1. The summed E-state index contributed by atoms with van der Waals surface area (Å²) < 4.78 is 0. The van der Waals surface area contributed by atoms with Crippen molar-refractivity contribution in [2.75, 3.05) is 6.54 Å². The van der Waals surface area contributed by atoms with Crippen molar-refractivity contribution in [2.45, 2.75) is 26.8 Å². The van der Waals surface area contributed by atoms with Crippen LogP contribution in [0.2, 0.25) is 0 Å². The van der Waals surface area contributed by atoms with E-state index in [0.717, 1.165) is 5.56 Å². The van der Waals surface area contributed by atoms with Gasteiger partial charge in [0.15, 0.2) is 5.78 Å². The number of nitrogens with one attached hydrogen (secondary N) is 1. The molecule has 1 rings (SSSR count). The van der Waals surface area contributed by atoms with Crippen molar-refractivity contribution in [2.24, 2.45) is 0 Å². The molecular formula is C12H16N2O2. The second-order valence-corrected chi connectivity index (χ2v) is 3.74. The molecule has 0 aliphatic rings. The predicted molar refractivity (Wildman–Crippen MR) is 61.2 cm³/mol. The van der Waals surface area contributed by atoms with E-state index in [1.54, 1.807) is 19.2 Å². The summed E-state index contributed by atoms with van der Waals surface area (Å²) in [5, 5.41) is 3.14. The van der Waals surface area contributed by atoms with E-state index < -0.39 is 0 Å². The van der Waals surface area contributed by atoms with Crippen LogP contribution in [0.5, 0.6) is 0 Å². The van der Waals surface area contributed by atoms with Crippen molar-refractivity contribution >= 4 is 11.6 Å². The lowest BCUT2D eigenvalue weighted by Crippen LogP contribution is -2.17. The normalized spacial score (nSPS) is 10.1. The van der Waals surface area contributed by atoms with E-state index in [1.807, 2.05) is 6.07 Å². The van der Waals surface area contributed by atoms with Gasteiger partial charge in [0.2, 0.25) is 0 Å². The highest BCUT2D eigenvalue weighted by atomic mass is 16.1. The Labute approximate surface area is 95.1 Å². The third-order valence-electron chi connectivity index (χ3n) is 2.17. The second-order valence-electron chi connectivity index (χ2n) is 3.74. The molecule has 0 amide bonds. The highest BCUT2D eigenvalue weighted by Gasteiger charge is 2.00. The Hall–Kier alpha value is -1.55. The molecule has 86 valence electrons. The molecule has 16 heavy (non-hydrogen) atoms. The largest absolute Gasteiger partial charge is 0.312 e. The first kappa shape index (κ1) is 12.5. The third kappa shape index (κ3) is 4.31. The van der Waals surface area contributed by atoms with Crippen LogP contribution in [-0.2, 0) is 11.3 Å². The van der Waals surface area contributed by atoms with Gasteiger partial charge in [-0.15, -0.1) is 0 Å². The molecule has 0 spiro atoms. The van der Waals surface area contributed by atoms with E-state index in [9.17, 15) is 9.59 Å². The number of pyridine rings is 1. The second kappa shape index (κ2) is 6.12. The van der Waals surface area contributed by atoms with Crippen LogP contribution in [0.15, 0.2) is 18.3 Å². The van der Waals surface area contributed by atoms with Crippen LogP contribution in [0.4, 0.5) is 0 Å². The number of carbonyl (C=O) groups is 2. The highest BCUT2D eigenvalue weighted by Crippen LogP contribution is 2.00. The number of ketones is 2. The van der Waals surface area contributed by atoms with Gasteiger partial charge < -0.3 is 5.32 Å². The van der Waals surface area contributed by atoms with Gasteiger partial charge in [0.25, 0.3) is 0 Å². The Bertz CT molecular complexity index is 371. The molecule has 0 saturated carbocycles. The quantitative estimate of drug-likeness (QED) is 0.580. The van der Waals surface area contributed by atoms with Crippen molar-refractivity contribution in [3.05, 3.63) is 29.6 Å². The number of carbonyl (C=O) groups excluding carboxylic acids is 2. The molecule has 1 aromatic rings. The van der Waals surface area contributed by atoms with Gasteiger partial charge in [-0.25, -0.2) is 0 Å². The molecule has 0 aliphatic heterocycles. The minimum absolute atomic E-state index is 0.0314. The van der Waals surface area contributed by atoms with E-state index >= 15 is 0 Å². The zero-order valence-electron chi connectivity index (χ0n) is 9.62. The number of aromatic nitrogens is 1. The number of nitrogens with zero attached hydrogens (tertiary/aromatic N) is 1. The maximum atomic E-state index is 11.0. The lowest BCUT2D eigenvalue weighted by Gasteiger charge is -2.03.